The third-order valence-electron chi connectivity index (χ3n) is 7.14. The maximum absolute atomic E-state index is 12.6. The Labute approximate surface area is 196 Å². The topological polar surface area (TPSA) is 71.8 Å². The molecule has 2 aromatic rings. The van der Waals surface area contributed by atoms with Gasteiger partial charge in [0.2, 0.25) is 5.91 Å². The predicted octanol–water partition coefficient (Wildman–Crippen LogP) is 4.37. The third kappa shape index (κ3) is 5.67. The number of nitrogens with zero attached hydrogens (tertiary/aromatic N) is 1. The maximum atomic E-state index is 12.6. The van der Waals surface area contributed by atoms with Crippen LogP contribution in [0.1, 0.15) is 56.6 Å². The van der Waals surface area contributed by atoms with Crippen LogP contribution in [0.25, 0.3) is 11.0 Å². The molecule has 4 rings (SSSR count). The van der Waals surface area contributed by atoms with Crippen molar-refractivity contribution >= 4 is 16.9 Å². The minimum Gasteiger partial charge on any atom is -0.489 e. The molecule has 178 valence electrons. The molecule has 6 heteroatoms. The predicted molar refractivity (Wildman–Crippen MR) is 131 cm³/mol. The van der Waals surface area contributed by atoms with E-state index in [1.165, 1.54) is 45.2 Å². The van der Waals surface area contributed by atoms with Crippen molar-refractivity contribution in [1.82, 2.24) is 10.2 Å². The van der Waals surface area contributed by atoms with Crippen LogP contribution < -0.4 is 15.7 Å². The molecule has 0 spiro atoms. The normalized spacial score (nSPS) is 20.9. The molecule has 3 heterocycles. The molecule has 2 atom stereocenters. The number of benzene rings is 1. The minimum atomic E-state index is -0.380. The van der Waals surface area contributed by atoms with Crippen molar-refractivity contribution in [2.45, 2.75) is 64.8 Å². The Balaban J connectivity index is 1.36. The van der Waals surface area contributed by atoms with E-state index in [0.717, 1.165) is 23.1 Å². The molecular weight excluding hydrogens is 416 g/mol. The van der Waals surface area contributed by atoms with Crippen molar-refractivity contribution in [2.75, 3.05) is 26.2 Å². The number of rotatable bonds is 8. The first-order valence-corrected chi connectivity index (χ1v) is 12.3. The van der Waals surface area contributed by atoms with E-state index in [1.54, 1.807) is 6.07 Å². The number of nitrogens with one attached hydrogen (secondary N) is 1. The highest BCUT2D eigenvalue weighted by molar-refractivity contribution is 5.82. The highest BCUT2D eigenvalue weighted by atomic mass is 16.5. The van der Waals surface area contributed by atoms with Crippen LogP contribution in [0.5, 0.6) is 5.75 Å². The van der Waals surface area contributed by atoms with Gasteiger partial charge >= 0.3 is 5.63 Å². The average molecular weight is 453 g/mol. The summed E-state index contributed by atoms with van der Waals surface area (Å²) in [6.07, 6.45) is 6.91. The van der Waals surface area contributed by atoms with E-state index in [9.17, 15) is 9.59 Å². The number of hydrogen-bond acceptors (Lipinski definition) is 5. The summed E-state index contributed by atoms with van der Waals surface area (Å²) in [6, 6.07) is 6.13. The first kappa shape index (κ1) is 23.6. The van der Waals surface area contributed by atoms with Gasteiger partial charge in [-0.15, -0.1) is 0 Å². The molecule has 1 N–H and O–H groups in total. The number of carbonyl (C=O) groups is 1. The van der Waals surface area contributed by atoms with E-state index >= 15 is 0 Å². The number of fused-ring (bicyclic) bond motifs is 2. The van der Waals surface area contributed by atoms with Crippen LogP contribution >= 0.6 is 0 Å². The number of ether oxygens (including phenoxy) is 1. The smallest absolute Gasteiger partial charge is 0.339 e. The molecule has 0 radical (unpaired) electrons. The fourth-order valence-electron chi connectivity index (χ4n) is 5.35. The van der Waals surface area contributed by atoms with E-state index in [1.807, 2.05) is 26.0 Å². The molecule has 1 aromatic heterocycles. The minimum absolute atomic E-state index is 0.00497. The van der Waals surface area contributed by atoms with Gasteiger partial charge in [0.05, 0.1) is 0 Å². The standard InChI is InChI=1S/C27H36N2O4/c1-18(2)17-32-21-9-10-22-19(3)23(27(31)33-25(22)15-21)11-12-26(30)28-16-20-7-6-14-29-13-5-4-8-24(20)29/h9-10,15,20,24H,1,4-8,11-14,16-17H2,2-3H3,(H,28,30)/t20-,24+/m1/s1. The molecule has 33 heavy (non-hydrogen) atoms. The summed E-state index contributed by atoms with van der Waals surface area (Å²) in [5.41, 5.74) is 2.48. The quantitative estimate of drug-likeness (QED) is 0.476. The van der Waals surface area contributed by atoms with Crippen molar-refractivity contribution in [3.63, 3.8) is 0 Å². The fourth-order valence-corrected chi connectivity index (χ4v) is 5.35. The summed E-state index contributed by atoms with van der Waals surface area (Å²) in [5, 5.41) is 4.01. The lowest BCUT2D eigenvalue weighted by atomic mass is 9.83. The summed E-state index contributed by atoms with van der Waals surface area (Å²) in [4.78, 5) is 27.9. The van der Waals surface area contributed by atoms with Gasteiger partial charge in [0.25, 0.3) is 0 Å². The molecular formula is C27H36N2O4. The maximum Gasteiger partial charge on any atom is 0.339 e. The Morgan fingerprint density at radius 1 is 1.24 bits per heavy atom. The lowest BCUT2D eigenvalue weighted by molar-refractivity contribution is -0.121. The van der Waals surface area contributed by atoms with Crippen molar-refractivity contribution in [3.05, 3.63) is 51.9 Å². The average Bonchev–Trinajstić information content (AvgIpc) is 2.81. The summed E-state index contributed by atoms with van der Waals surface area (Å²) in [6.45, 7) is 11.2. The lowest BCUT2D eigenvalue weighted by Gasteiger charge is -2.44. The van der Waals surface area contributed by atoms with Crippen LogP contribution in [0.15, 0.2) is 39.6 Å². The van der Waals surface area contributed by atoms with Gasteiger partial charge in [-0.1, -0.05) is 13.0 Å². The van der Waals surface area contributed by atoms with Crippen LogP contribution in [-0.4, -0.2) is 43.1 Å². The Morgan fingerprint density at radius 3 is 2.88 bits per heavy atom. The zero-order valence-corrected chi connectivity index (χ0v) is 20.0. The Hall–Kier alpha value is -2.60. The fraction of sp³-hybridized carbons (Fsp3) is 0.556. The largest absolute Gasteiger partial charge is 0.489 e. The molecule has 1 aromatic carbocycles. The molecule has 2 saturated heterocycles. The van der Waals surface area contributed by atoms with Crippen LogP contribution in [-0.2, 0) is 11.2 Å². The van der Waals surface area contributed by atoms with Gasteiger partial charge in [-0.25, -0.2) is 4.79 Å². The third-order valence-corrected chi connectivity index (χ3v) is 7.14. The summed E-state index contributed by atoms with van der Waals surface area (Å²) >= 11 is 0. The Bertz CT molecular complexity index is 1070. The van der Waals surface area contributed by atoms with Crippen LogP contribution in [0, 0.1) is 12.8 Å². The van der Waals surface area contributed by atoms with Gasteiger partial charge in [-0.05, 0) is 88.2 Å². The van der Waals surface area contributed by atoms with Gasteiger partial charge in [-0.2, -0.15) is 0 Å². The molecule has 0 bridgehead atoms. The second kappa shape index (κ2) is 10.6. The van der Waals surface area contributed by atoms with E-state index in [2.05, 4.69) is 16.8 Å². The number of carbonyl (C=O) groups excluding carboxylic acids is 1. The number of piperidine rings is 2. The van der Waals surface area contributed by atoms with Gasteiger partial charge in [0, 0.05) is 36.0 Å². The Morgan fingerprint density at radius 2 is 2.06 bits per heavy atom. The number of hydrogen-bond donors (Lipinski definition) is 1. The van der Waals surface area contributed by atoms with Gasteiger partial charge in [0.15, 0.2) is 0 Å². The molecule has 6 nitrogen and oxygen atoms in total. The van der Waals surface area contributed by atoms with Crippen LogP contribution in [0.4, 0.5) is 0 Å². The molecule has 2 aliphatic rings. The van der Waals surface area contributed by atoms with Crippen molar-refractivity contribution in [2.24, 2.45) is 5.92 Å². The summed E-state index contributed by atoms with van der Waals surface area (Å²) in [5.74, 6) is 1.18. The summed E-state index contributed by atoms with van der Waals surface area (Å²) in [7, 11) is 0. The Kier molecular flexibility index (Phi) is 7.53. The lowest BCUT2D eigenvalue weighted by Crippen LogP contribution is -2.51. The van der Waals surface area contributed by atoms with Gasteiger partial charge in [0.1, 0.15) is 17.9 Å². The summed E-state index contributed by atoms with van der Waals surface area (Å²) < 4.78 is 11.2. The zero-order chi connectivity index (χ0) is 23.4. The van der Waals surface area contributed by atoms with E-state index in [0.29, 0.717) is 41.9 Å². The zero-order valence-electron chi connectivity index (χ0n) is 20.0. The molecule has 0 saturated carbocycles. The van der Waals surface area contributed by atoms with E-state index in [-0.39, 0.29) is 18.0 Å². The molecule has 2 aliphatic heterocycles. The van der Waals surface area contributed by atoms with Gasteiger partial charge < -0.3 is 19.4 Å². The number of amides is 1. The van der Waals surface area contributed by atoms with Crippen LogP contribution in [0.3, 0.4) is 0 Å². The molecule has 0 unspecified atom stereocenters. The van der Waals surface area contributed by atoms with Crippen molar-refractivity contribution < 1.29 is 13.9 Å². The second-order valence-corrected chi connectivity index (χ2v) is 9.70. The highest BCUT2D eigenvalue weighted by Gasteiger charge is 2.32. The van der Waals surface area contributed by atoms with Crippen LogP contribution in [0.2, 0.25) is 0 Å². The first-order chi connectivity index (χ1) is 15.9. The highest BCUT2D eigenvalue weighted by Crippen LogP contribution is 2.30. The van der Waals surface area contributed by atoms with E-state index in [4.69, 9.17) is 9.15 Å². The van der Waals surface area contributed by atoms with Crippen molar-refractivity contribution in [3.8, 4) is 5.75 Å². The molecule has 0 aliphatic carbocycles. The SMILES string of the molecule is C=C(C)COc1ccc2c(C)c(CCC(=O)NC[C@H]3CCCN4CCCC[C@@H]34)c(=O)oc2c1. The van der Waals surface area contributed by atoms with E-state index < -0.39 is 0 Å². The monoisotopic (exact) mass is 452 g/mol. The van der Waals surface area contributed by atoms with Gasteiger partial charge in [-0.3, -0.25) is 4.79 Å². The molecule has 1 amide bonds. The van der Waals surface area contributed by atoms with Crippen molar-refractivity contribution in [1.29, 1.82) is 0 Å². The second-order valence-electron chi connectivity index (χ2n) is 9.70. The first-order valence-electron chi connectivity index (χ1n) is 12.3. The number of aryl methyl sites for hydroxylation is 1. The molecule has 2 fully saturated rings.